The van der Waals surface area contributed by atoms with E-state index in [2.05, 4.69) is 0 Å². The van der Waals surface area contributed by atoms with E-state index in [1.54, 1.807) is 14.2 Å². The lowest BCUT2D eigenvalue weighted by Gasteiger charge is -2.22. The maximum absolute atomic E-state index is 12.7. The van der Waals surface area contributed by atoms with Gasteiger partial charge in [0.2, 0.25) is 0 Å². The summed E-state index contributed by atoms with van der Waals surface area (Å²) < 4.78 is 10.6. The Hall–Kier alpha value is -2.49. The minimum atomic E-state index is 0.0420. The molecule has 0 saturated carbocycles. The van der Waals surface area contributed by atoms with Gasteiger partial charge in [-0.05, 0) is 43.2 Å². The number of nitrogens with zero attached hydrogens (tertiary/aromatic N) is 1. The molecule has 0 unspecified atom stereocenters. The van der Waals surface area contributed by atoms with Crippen LogP contribution in [0.15, 0.2) is 42.5 Å². The van der Waals surface area contributed by atoms with E-state index in [4.69, 9.17) is 9.47 Å². The summed E-state index contributed by atoms with van der Waals surface area (Å²) in [5.41, 5.74) is 2.74. The maximum atomic E-state index is 12.7. The quantitative estimate of drug-likeness (QED) is 0.816. The van der Waals surface area contributed by atoms with Gasteiger partial charge in [0.05, 0.1) is 14.2 Å². The molecule has 0 saturated heterocycles. The van der Waals surface area contributed by atoms with Crippen molar-refractivity contribution in [1.29, 1.82) is 0 Å². The Morgan fingerprint density at radius 3 is 2.35 bits per heavy atom. The molecular formula is C19H23NO3. The predicted octanol–water partition coefficient (Wildman–Crippen LogP) is 3.67. The van der Waals surface area contributed by atoms with Gasteiger partial charge in [-0.15, -0.1) is 0 Å². The lowest BCUT2D eigenvalue weighted by Crippen LogP contribution is -2.30. The molecule has 2 rings (SSSR count). The van der Waals surface area contributed by atoms with Crippen LogP contribution in [-0.4, -0.2) is 31.6 Å². The van der Waals surface area contributed by atoms with Crippen LogP contribution >= 0.6 is 0 Å². The van der Waals surface area contributed by atoms with Crippen LogP contribution in [0.5, 0.6) is 11.5 Å². The van der Waals surface area contributed by atoms with Gasteiger partial charge in [-0.2, -0.15) is 0 Å². The summed E-state index contributed by atoms with van der Waals surface area (Å²) in [6.07, 6.45) is 0. The number of carbonyl (C=O) groups excluding carboxylic acids is 1. The SMILES string of the molecule is CCN(Cc1ccc(OC)c(OC)c1)C(=O)c1ccccc1C. The maximum Gasteiger partial charge on any atom is 0.254 e. The van der Waals surface area contributed by atoms with Gasteiger partial charge in [0.25, 0.3) is 5.91 Å². The summed E-state index contributed by atoms with van der Waals surface area (Å²) in [6, 6.07) is 13.4. The van der Waals surface area contributed by atoms with Gasteiger partial charge in [-0.25, -0.2) is 0 Å². The zero-order valence-electron chi connectivity index (χ0n) is 14.1. The number of rotatable bonds is 6. The summed E-state index contributed by atoms with van der Waals surface area (Å²) >= 11 is 0. The largest absolute Gasteiger partial charge is 0.493 e. The molecule has 0 aliphatic heterocycles. The monoisotopic (exact) mass is 313 g/mol. The lowest BCUT2D eigenvalue weighted by molar-refractivity contribution is 0.0751. The second-order valence-corrected chi connectivity index (χ2v) is 5.32. The second-order valence-electron chi connectivity index (χ2n) is 5.32. The molecule has 0 fully saturated rings. The summed E-state index contributed by atoms with van der Waals surface area (Å²) in [5, 5.41) is 0. The van der Waals surface area contributed by atoms with Crippen molar-refractivity contribution in [2.75, 3.05) is 20.8 Å². The number of benzene rings is 2. The molecule has 4 nitrogen and oxygen atoms in total. The van der Waals surface area contributed by atoms with Crippen molar-refractivity contribution in [2.24, 2.45) is 0 Å². The molecule has 0 aliphatic rings. The Morgan fingerprint density at radius 1 is 1.04 bits per heavy atom. The average molecular weight is 313 g/mol. The Kier molecular flexibility index (Phi) is 5.63. The fourth-order valence-electron chi connectivity index (χ4n) is 2.51. The topological polar surface area (TPSA) is 38.8 Å². The highest BCUT2D eigenvalue weighted by Crippen LogP contribution is 2.28. The Bertz CT molecular complexity index is 682. The van der Waals surface area contributed by atoms with Crippen molar-refractivity contribution in [2.45, 2.75) is 20.4 Å². The third-order valence-electron chi connectivity index (χ3n) is 3.87. The van der Waals surface area contributed by atoms with Gasteiger partial charge in [0.1, 0.15) is 0 Å². The molecule has 2 aromatic rings. The highest BCUT2D eigenvalue weighted by Gasteiger charge is 2.17. The van der Waals surface area contributed by atoms with Crippen LogP contribution in [0.25, 0.3) is 0 Å². The van der Waals surface area contributed by atoms with E-state index in [1.807, 2.05) is 61.2 Å². The van der Waals surface area contributed by atoms with Crippen molar-refractivity contribution in [1.82, 2.24) is 4.90 Å². The van der Waals surface area contributed by atoms with Crippen LogP contribution < -0.4 is 9.47 Å². The van der Waals surface area contributed by atoms with E-state index in [-0.39, 0.29) is 5.91 Å². The van der Waals surface area contributed by atoms with Gasteiger partial charge in [0, 0.05) is 18.7 Å². The smallest absolute Gasteiger partial charge is 0.254 e. The summed E-state index contributed by atoms with van der Waals surface area (Å²) in [7, 11) is 3.22. The standard InChI is InChI=1S/C19H23NO3/c1-5-20(19(21)16-9-7-6-8-14(16)2)13-15-10-11-17(22-3)18(12-15)23-4/h6-12H,5,13H2,1-4H3. The average Bonchev–Trinajstić information content (AvgIpc) is 2.59. The van der Waals surface area contributed by atoms with Gasteiger partial charge in [-0.3, -0.25) is 4.79 Å². The first-order valence-electron chi connectivity index (χ1n) is 7.66. The molecule has 4 heteroatoms. The van der Waals surface area contributed by atoms with Crippen LogP contribution in [0.3, 0.4) is 0 Å². The lowest BCUT2D eigenvalue weighted by atomic mass is 10.1. The van der Waals surface area contributed by atoms with Crippen LogP contribution in [0.4, 0.5) is 0 Å². The third-order valence-corrected chi connectivity index (χ3v) is 3.87. The fourth-order valence-corrected chi connectivity index (χ4v) is 2.51. The van der Waals surface area contributed by atoms with Gasteiger partial charge < -0.3 is 14.4 Å². The van der Waals surface area contributed by atoms with E-state index in [0.717, 1.165) is 16.7 Å². The Morgan fingerprint density at radius 2 is 1.74 bits per heavy atom. The summed E-state index contributed by atoms with van der Waals surface area (Å²) in [6.45, 7) is 5.11. The minimum absolute atomic E-state index is 0.0420. The molecule has 0 spiro atoms. The van der Waals surface area contributed by atoms with Crippen molar-refractivity contribution in [3.8, 4) is 11.5 Å². The molecule has 0 N–H and O–H groups in total. The molecule has 0 atom stereocenters. The summed E-state index contributed by atoms with van der Waals surface area (Å²) in [5.74, 6) is 1.40. The normalized spacial score (nSPS) is 10.3. The number of aryl methyl sites for hydroxylation is 1. The number of amides is 1. The van der Waals surface area contributed by atoms with Crippen LogP contribution in [0, 0.1) is 6.92 Å². The second kappa shape index (κ2) is 7.68. The predicted molar refractivity (Wildman–Crippen MR) is 91.1 cm³/mol. The highest BCUT2D eigenvalue weighted by molar-refractivity contribution is 5.95. The van der Waals surface area contributed by atoms with Crippen LogP contribution in [0.2, 0.25) is 0 Å². The molecule has 0 heterocycles. The van der Waals surface area contributed by atoms with E-state index >= 15 is 0 Å². The number of methoxy groups -OCH3 is 2. The number of carbonyl (C=O) groups is 1. The molecule has 122 valence electrons. The number of hydrogen-bond donors (Lipinski definition) is 0. The molecule has 0 aromatic heterocycles. The third kappa shape index (κ3) is 3.83. The minimum Gasteiger partial charge on any atom is -0.493 e. The molecule has 0 bridgehead atoms. The molecule has 2 aromatic carbocycles. The van der Waals surface area contributed by atoms with E-state index < -0.39 is 0 Å². The zero-order chi connectivity index (χ0) is 16.8. The van der Waals surface area contributed by atoms with Crippen molar-refractivity contribution >= 4 is 5.91 Å². The first-order chi connectivity index (χ1) is 11.1. The number of ether oxygens (including phenoxy) is 2. The Balaban J connectivity index is 2.23. The van der Waals surface area contributed by atoms with E-state index in [1.165, 1.54) is 0 Å². The summed E-state index contributed by atoms with van der Waals surface area (Å²) in [4.78, 5) is 14.6. The van der Waals surface area contributed by atoms with Crippen molar-refractivity contribution in [3.05, 3.63) is 59.2 Å². The molecule has 1 amide bonds. The van der Waals surface area contributed by atoms with Crippen molar-refractivity contribution < 1.29 is 14.3 Å². The van der Waals surface area contributed by atoms with E-state index in [0.29, 0.717) is 24.6 Å². The molecule has 0 aliphatic carbocycles. The van der Waals surface area contributed by atoms with Crippen molar-refractivity contribution in [3.63, 3.8) is 0 Å². The fraction of sp³-hybridized carbons (Fsp3) is 0.316. The first-order valence-corrected chi connectivity index (χ1v) is 7.66. The first kappa shape index (κ1) is 16.9. The number of hydrogen-bond acceptors (Lipinski definition) is 3. The van der Waals surface area contributed by atoms with Gasteiger partial charge in [-0.1, -0.05) is 24.3 Å². The molecular weight excluding hydrogens is 290 g/mol. The van der Waals surface area contributed by atoms with Crippen LogP contribution in [0.1, 0.15) is 28.4 Å². The van der Waals surface area contributed by atoms with Crippen LogP contribution in [-0.2, 0) is 6.54 Å². The van der Waals surface area contributed by atoms with E-state index in [9.17, 15) is 4.79 Å². The molecule has 0 radical (unpaired) electrons. The van der Waals surface area contributed by atoms with Gasteiger partial charge in [0.15, 0.2) is 11.5 Å². The zero-order valence-corrected chi connectivity index (χ0v) is 14.1. The Labute approximate surface area is 137 Å². The highest BCUT2D eigenvalue weighted by atomic mass is 16.5. The van der Waals surface area contributed by atoms with Gasteiger partial charge >= 0.3 is 0 Å². The molecule has 23 heavy (non-hydrogen) atoms.